The third kappa shape index (κ3) is 4.97. The third-order valence-electron chi connectivity index (χ3n) is 3.79. The molecule has 2 aromatic rings. The summed E-state index contributed by atoms with van der Waals surface area (Å²) in [7, 11) is 1.80. The number of aliphatic imine (C=N–C) groups is 1. The number of rotatable bonds is 6. The number of alkyl halides is 3. The molecule has 0 unspecified atom stereocenters. The van der Waals surface area contributed by atoms with Gasteiger partial charge in [-0.3, -0.25) is 0 Å². The second kappa shape index (κ2) is 8.07. The molecular formula is C18H22F3N3OS. The first-order valence-corrected chi connectivity index (χ1v) is 9.09. The van der Waals surface area contributed by atoms with E-state index in [1.54, 1.807) is 24.3 Å². The quantitative estimate of drug-likeness (QED) is 0.452. The molecule has 0 fully saturated rings. The minimum absolute atomic E-state index is 0.180. The van der Waals surface area contributed by atoms with Gasteiger partial charge >= 0.3 is 6.18 Å². The van der Waals surface area contributed by atoms with Gasteiger partial charge < -0.3 is 9.64 Å². The predicted octanol–water partition coefficient (Wildman–Crippen LogP) is 6.00. The maximum atomic E-state index is 13.5. The smallest absolute Gasteiger partial charge is 0.420 e. The Morgan fingerprint density at radius 3 is 2.58 bits per heavy atom. The highest BCUT2D eigenvalue weighted by Crippen LogP contribution is 2.42. The van der Waals surface area contributed by atoms with Crippen molar-refractivity contribution in [2.75, 3.05) is 13.6 Å². The summed E-state index contributed by atoms with van der Waals surface area (Å²) in [4.78, 5) is 10.2. The Bertz CT molecular complexity index is 784. The molecule has 0 saturated carbocycles. The van der Waals surface area contributed by atoms with Crippen molar-refractivity contribution in [2.45, 2.75) is 39.8 Å². The van der Waals surface area contributed by atoms with Crippen molar-refractivity contribution in [3.63, 3.8) is 0 Å². The van der Waals surface area contributed by atoms with Gasteiger partial charge in [0.15, 0.2) is 0 Å². The molecule has 1 aromatic heterocycles. The largest absolute Gasteiger partial charge is 0.430 e. The van der Waals surface area contributed by atoms with Crippen LogP contribution in [-0.4, -0.2) is 29.8 Å². The van der Waals surface area contributed by atoms with Crippen molar-refractivity contribution in [1.82, 2.24) is 9.88 Å². The van der Waals surface area contributed by atoms with Crippen LogP contribution in [0.25, 0.3) is 0 Å². The van der Waals surface area contributed by atoms with Crippen LogP contribution in [0.5, 0.6) is 10.9 Å². The Hall–Kier alpha value is -2.09. The van der Waals surface area contributed by atoms with Crippen molar-refractivity contribution in [3.05, 3.63) is 34.3 Å². The van der Waals surface area contributed by atoms with Gasteiger partial charge in [-0.2, -0.15) is 13.2 Å². The van der Waals surface area contributed by atoms with Crippen molar-refractivity contribution in [2.24, 2.45) is 4.99 Å². The third-order valence-corrected chi connectivity index (χ3v) is 4.52. The fraction of sp³-hybridized carbons (Fsp3) is 0.444. The molecular weight excluding hydrogens is 363 g/mol. The molecule has 0 amide bonds. The van der Waals surface area contributed by atoms with E-state index in [1.807, 2.05) is 20.8 Å². The molecule has 4 nitrogen and oxygen atoms in total. The molecule has 0 N–H and O–H groups in total. The Morgan fingerprint density at radius 2 is 2.04 bits per heavy atom. The summed E-state index contributed by atoms with van der Waals surface area (Å²) in [5, 5.41) is 1.99. The van der Waals surface area contributed by atoms with E-state index in [0.717, 1.165) is 11.8 Å². The van der Waals surface area contributed by atoms with E-state index in [-0.39, 0.29) is 22.5 Å². The maximum Gasteiger partial charge on any atom is 0.420 e. The van der Waals surface area contributed by atoms with E-state index >= 15 is 0 Å². The molecule has 0 atom stereocenters. The van der Waals surface area contributed by atoms with E-state index < -0.39 is 11.7 Å². The van der Waals surface area contributed by atoms with E-state index in [9.17, 15) is 13.2 Å². The van der Waals surface area contributed by atoms with Crippen LogP contribution < -0.4 is 4.74 Å². The lowest BCUT2D eigenvalue weighted by atomic mass is 10.1. The highest BCUT2D eigenvalue weighted by Gasteiger charge is 2.35. The van der Waals surface area contributed by atoms with Gasteiger partial charge in [-0.15, -0.1) is 0 Å². The summed E-state index contributed by atoms with van der Waals surface area (Å²) in [6.07, 6.45) is -3.04. The summed E-state index contributed by atoms with van der Waals surface area (Å²) in [6, 6.07) is 2.37. The first-order valence-electron chi connectivity index (χ1n) is 8.21. The molecule has 0 aliphatic rings. The monoisotopic (exact) mass is 385 g/mol. The van der Waals surface area contributed by atoms with Gasteiger partial charge in [-0.05, 0) is 37.5 Å². The molecule has 0 aliphatic heterocycles. The molecule has 0 radical (unpaired) electrons. The SMILES string of the molecule is CCN(C)/C=N/c1cc(C(F)(F)F)c(Oc2nc(C(C)C)cs2)cc1C. The van der Waals surface area contributed by atoms with E-state index in [2.05, 4.69) is 9.98 Å². The highest BCUT2D eigenvalue weighted by molar-refractivity contribution is 7.11. The molecule has 0 spiro atoms. The normalized spacial score (nSPS) is 12.2. The minimum Gasteiger partial charge on any atom is -0.430 e. The number of nitrogens with zero attached hydrogens (tertiary/aromatic N) is 3. The molecule has 8 heteroatoms. The molecule has 142 valence electrons. The van der Waals surface area contributed by atoms with Gasteiger partial charge in [0.1, 0.15) is 11.3 Å². The van der Waals surface area contributed by atoms with Crippen LogP contribution in [0.4, 0.5) is 18.9 Å². The standard InChI is InChI=1S/C18H22F3N3OS/c1-6-24(5)10-22-14-8-13(18(19,20)21)16(7-12(14)4)25-17-23-15(9-26-17)11(2)3/h7-11H,6H2,1-5H3/b22-10+. The average molecular weight is 385 g/mol. The summed E-state index contributed by atoms with van der Waals surface area (Å²) in [5.74, 6) is -0.0813. The minimum atomic E-state index is -4.55. The van der Waals surface area contributed by atoms with E-state index in [4.69, 9.17) is 4.74 Å². The van der Waals surface area contributed by atoms with Crippen LogP contribution in [0.2, 0.25) is 0 Å². The second-order valence-electron chi connectivity index (χ2n) is 6.25. The van der Waals surface area contributed by atoms with Crippen LogP contribution in [0.3, 0.4) is 0 Å². The second-order valence-corrected chi connectivity index (χ2v) is 7.07. The Balaban J connectivity index is 2.41. The van der Waals surface area contributed by atoms with Crippen molar-refractivity contribution >= 4 is 23.4 Å². The van der Waals surface area contributed by atoms with Crippen LogP contribution in [0.1, 0.15) is 43.5 Å². The number of halogens is 3. The predicted molar refractivity (Wildman–Crippen MR) is 98.9 cm³/mol. The van der Waals surface area contributed by atoms with Gasteiger partial charge in [-0.25, -0.2) is 9.98 Å². The van der Waals surface area contributed by atoms with Crippen LogP contribution in [-0.2, 0) is 6.18 Å². The Labute approximate surface area is 155 Å². The number of thiazole rings is 1. The fourth-order valence-corrected chi connectivity index (χ4v) is 2.87. The number of aryl methyl sites for hydroxylation is 1. The highest BCUT2D eigenvalue weighted by atomic mass is 32.1. The lowest BCUT2D eigenvalue weighted by molar-refractivity contribution is -0.138. The van der Waals surface area contributed by atoms with E-state index in [1.165, 1.54) is 23.7 Å². The number of hydrogen-bond donors (Lipinski definition) is 0. The molecule has 1 aromatic carbocycles. The zero-order valence-corrected chi connectivity index (χ0v) is 16.2. The summed E-state index contributed by atoms with van der Waals surface area (Å²) in [6.45, 7) is 8.26. The van der Waals surface area contributed by atoms with Gasteiger partial charge in [0.05, 0.1) is 17.7 Å². The van der Waals surface area contributed by atoms with E-state index in [0.29, 0.717) is 12.1 Å². The summed E-state index contributed by atoms with van der Waals surface area (Å²) in [5.41, 5.74) is 0.774. The molecule has 0 bridgehead atoms. The molecule has 0 aliphatic carbocycles. The lowest BCUT2D eigenvalue weighted by Crippen LogP contribution is -2.14. The fourth-order valence-electron chi connectivity index (χ4n) is 2.03. The van der Waals surface area contributed by atoms with Crippen LogP contribution in [0.15, 0.2) is 22.5 Å². The van der Waals surface area contributed by atoms with Crippen molar-refractivity contribution in [1.29, 1.82) is 0 Å². The molecule has 1 heterocycles. The number of ether oxygens (including phenoxy) is 1. The summed E-state index contributed by atoms with van der Waals surface area (Å²) < 4.78 is 46.0. The number of aromatic nitrogens is 1. The van der Waals surface area contributed by atoms with Crippen LogP contribution >= 0.6 is 11.3 Å². The first kappa shape index (κ1) is 20.2. The average Bonchev–Trinajstić information content (AvgIpc) is 3.01. The molecule has 0 saturated heterocycles. The topological polar surface area (TPSA) is 37.7 Å². The first-order chi connectivity index (χ1) is 12.1. The zero-order chi connectivity index (χ0) is 19.5. The summed E-state index contributed by atoms with van der Waals surface area (Å²) >= 11 is 1.18. The van der Waals surface area contributed by atoms with Crippen molar-refractivity contribution < 1.29 is 17.9 Å². The maximum absolute atomic E-state index is 13.5. The van der Waals surface area contributed by atoms with Gasteiger partial charge in [0, 0.05) is 19.0 Å². The zero-order valence-electron chi connectivity index (χ0n) is 15.4. The van der Waals surface area contributed by atoms with Gasteiger partial charge in [0.2, 0.25) is 0 Å². The Kier molecular flexibility index (Phi) is 6.28. The number of benzene rings is 1. The van der Waals surface area contributed by atoms with Gasteiger partial charge in [0.25, 0.3) is 5.19 Å². The molecule has 2 rings (SSSR count). The lowest BCUT2D eigenvalue weighted by Gasteiger charge is -2.15. The Morgan fingerprint density at radius 1 is 1.35 bits per heavy atom. The van der Waals surface area contributed by atoms with Gasteiger partial charge in [-0.1, -0.05) is 25.2 Å². The molecule has 26 heavy (non-hydrogen) atoms. The van der Waals surface area contributed by atoms with Crippen LogP contribution in [0, 0.1) is 6.92 Å². The number of hydrogen-bond acceptors (Lipinski definition) is 4. The van der Waals surface area contributed by atoms with Crippen molar-refractivity contribution in [3.8, 4) is 10.9 Å².